The Kier molecular flexibility index (Phi) is 4.15. The quantitative estimate of drug-likeness (QED) is 0.771. The van der Waals surface area contributed by atoms with Crippen LogP contribution in [0.15, 0.2) is 17.0 Å². The molecule has 0 radical (unpaired) electrons. The minimum atomic E-state index is -4.46. The molecule has 1 aromatic carbocycles. The Bertz CT molecular complexity index is 651. The van der Waals surface area contributed by atoms with Crippen molar-refractivity contribution in [3.05, 3.63) is 23.8 Å². The first-order valence-corrected chi connectivity index (χ1v) is 7.66. The van der Waals surface area contributed by atoms with Crippen LogP contribution in [0, 0.1) is 11.6 Å². The van der Waals surface area contributed by atoms with E-state index in [1.54, 1.807) is 0 Å². The highest BCUT2D eigenvalue weighted by Crippen LogP contribution is 2.24. The smallest absolute Gasteiger partial charge is 0.249 e. The number of nitrogens with two attached hydrogens (primary N) is 1. The number of nitrogen functional groups attached to an aromatic ring is 1. The lowest BCUT2D eigenvalue weighted by atomic mass is 10.3. The van der Waals surface area contributed by atoms with Gasteiger partial charge in [-0.2, -0.15) is 4.31 Å². The van der Waals surface area contributed by atoms with Gasteiger partial charge < -0.3 is 11.1 Å². The molecule has 0 bridgehead atoms. The van der Waals surface area contributed by atoms with Crippen molar-refractivity contribution in [3.63, 3.8) is 0 Å². The predicted octanol–water partition coefficient (Wildman–Crippen LogP) is 0.446. The number of likely N-dealkylation sites (N-methyl/N-ethyl adjacent to an activating group) is 1. The highest BCUT2D eigenvalue weighted by atomic mass is 32.2. The van der Waals surface area contributed by atoms with E-state index in [0.717, 1.165) is 19.9 Å². The first-order chi connectivity index (χ1) is 9.71. The highest BCUT2D eigenvalue weighted by Gasteiger charge is 2.31. The number of benzene rings is 1. The van der Waals surface area contributed by atoms with Gasteiger partial charge in [-0.1, -0.05) is 0 Å². The van der Waals surface area contributed by atoms with Gasteiger partial charge in [-0.15, -0.1) is 0 Å². The van der Waals surface area contributed by atoms with Crippen LogP contribution in [0.1, 0.15) is 12.8 Å². The summed E-state index contributed by atoms with van der Waals surface area (Å²) in [7, 11) is -3.38. The number of anilines is 1. The lowest BCUT2D eigenvalue weighted by molar-refractivity contribution is -0.121. The Morgan fingerprint density at radius 3 is 2.38 bits per heavy atom. The molecule has 0 spiro atoms. The second-order valence-corrected chi connectivity index (χ2v) is 6.90. The van der Waals surface area contributed by atoms with Crippen LogP contribution >= 0.6 is 0 Å². The molecule has 3 N–H and O–H groups in total. The number of hydrogen-bond donors (Lipinski definition) is 2. The molecule has 2 rings (SSSR count). The number of sulfonamides is 1. The molecule has 0 unspecified atom stereocenters. The minimum absolute atomic E-state index is 0.0681. The van der Waals surface area contributed by atoms with Gasteiger partial charge in [0, 0.05) is 18.8 Å². The summed E-state index contributed by atoms with van der Waals surface area (Å²) >= 11 is 0. The summed E-state index contributed by atoms with van der Waals surface area (Å²) in [5.41, 5.74) is 5.01. The SMILES string of the molecule is CN(CC(=O)NC1CC1)S(=O)(=O)c1c(F)cc(N)cc1F. The van der Waals surface area contributed by atoms with Gasteiger partial charge in [0.05, 0.1) is 6.54 Å². The van der Waals surface area contributed by atoms with Crippen LogP contribution in [0.5, 0.6) is 0 Å². The molecule has 6 nitrogen and oxygen atoms in total. The molecule has 1 saturated carbocycles. The standard InChI is InChI=1S/C12H15F2N3O3S/c1-17(6-11(18)16-8-2-3-8)21(19,20)12-9(13)4-7(15)5-10(12)14/h4-5,8H,2-3,6,15H2,1H3,(H,16,18). The zero-order valence-corrected chi connectivity index (χ0v) is 12.1. The molecule has 21 heavy (non-hydrogen) atoms. The summed E-state index contributed by atoms with van der Waals surface area (Å²) in [5.74, 6) is -3.09. The van der Waals surface area contributed by atoms with Crippen molar-refractivity contribution in [3.8, 4) is 0 Å². The van der Waals surface area contributed by atoms with Gasteiger partial charge in [-0.3, -0.25) is 4.79 Å². The topological polar surface area (TPSA) is 92.5 Å². The number of rotatable bonds is 5. The van der Waals surface area contributed by atoms with E-state index < -0.39 is 39.0 Å². The number of nitrogens with zero attached hydrogens (tertiary/aromatic N) is 1. The summed E-state index contributed by atoms with van der Waals surface area (Å²) in [6.45, 7) is -0.512. The summed E-state index contributed by atoms with van der Waals surface area (Å²) in [5, 5.41) is 2.59. The Morgan fingerprint density at radius 2 is 1.90 bits per heavy atom. The van der Waals surface area contributed by atoms with Crippen LogP contribution in [0.3, 0.4) is 0 Å². The number of carbonyl (C=O) groups is 1. The normalized spacial score (nSPS) is 15.2. The summed E-state index contributed by atoms with van der Waals surface area (Å²) in [6.07, 6.45) is 1.70. The zero-order chi connectivity index (χ0) is 15.8. The van der Waals surface area contributed by atoms with E-state index in [2.05, 4.69) is 5.32 Å². The van der Waals surface area contributed by atoms with E-state index in [-0.39, 0.29) is 11.7 Å². The second kappa shape index (κ2) is 5.57. The molecule has 0 atom stereocenters. The highest BCUT2D eigenvalue weighted by molar-refractivity contribution is 7.89. The van der Waals surface area contributed by atoms with E-state index in [9.17, 15) is 22.0 Å². The first kappa shape index (κ1) is 15.6. The van der Waals surface area contributed by atoms with Crippen molar-refractivity contribution in [1.82, 2.24) is 9.62 Å². The van der Waals surface area contributed by atoms with Gasteiger partial charge in [-0.05, 0) is 25.0 Å². The minimum Gasteiger partial charge on any atom is -0.399 e. The molecule has 9 heteroatoms. The Balaban J connectivity index is 2.22. The third-order valence-electron chi connectivity index (χ3n) is 3.00. The number of nitrogens with one attached hydrogen (secondary N) is 1. The van der Waals surface area contributed by atoms with Crippen LogP contribution in [0.25, 0.3) is 0 Å². The Hall–Kier alpha value is -1.74. The number of hydrogen-bond acceptors (Lipinski definition) is 4. The van der Waals surface area contributed by atoms with Crippen molar-refractivity contribution < 1.29 is 22.0 Å². The van der Waals surface area contributed by atoms with E-state index in [0.29, 0.717) is 16.4 Å². The van der Waals surface area contributed by atoms with Gasteiger partial charge in [0.25, 0.3) is 0 Å². The molecule has 0 aromatic heterocycles. The average molecular weight is 319 g/mol. The molecule has 116 valence electrons. The van der Waals surface area contributed by atoms with E-state index in [1.165, 1.54) is 0 Å². The molecule has 1 aromatic rings. The molecule has 1 fully saturated rings. The summed E-state index contributed by atoms with van der Waals surface area (Å²) < 4.78 is 52.3. The third-order valence-corrected chi connectivity index (χ3v) is 4.85. The maximum absolute atomic E-state index is 13.7. The van der Waals surface area contributed by atoms with Crippen molar-refractivity contribution in [2.45, 2.75) is 23.8 Å². The molecule has 1 aliphatic carbocycles. The van der Waals surface area contributed by atoms with E-state index in [1.807, 2.05) is 0 Å². The number of amides is 1. The van der Waals surface area contributed by atoms with Crippen LogP contribution in [-0.2, 0) is 14.8 Å². The molecule has 0 heterocycles. The predicted molar refractivity (Wildman–Crippen MR) is 71.8 cm³/mol. The fourth-order valence-electron chi connectivity index (χ4n) is 1.77. The van der Waals surface area contributed by atoms with Gasteiger partial charge >= 0.3 is 0 Å². The molecule has 1 aliphatic rings. The van der Waals surface area contributed by atoms with E-state index in [4.69, 9.17) is 5.73 Å². The molecule has 1 amide bonds. The lowest BCUT2D eigenvalue weighted by Crippen LogP contribution is -2.39. The number of halogens is 2. The van der Waals surface area contributed by atoms with Crippen molar-refractivity contribution >= 4 is 21.6 Å². The lowest BCUT2D eigenvalue weighted by Gasteiger charge is -2.17. The number of carbonyl (C=O) groups excluding carboxylic acids is 1. The maximum atomic E-state index is 13.7. The van der Waals surface area contributed by atoms with Crippen LogP contribution in [0.2, 0.25) is 0 Å². The molecular weight excluding hydrogens is 304 g/mol. The summed E-state index contributed by atoms with van der Waals surface area (Å²) in [4.78, 5) is 10.5. The summed E-state index contributed by atoms with van der Waals surface area (Å²) in [6, 6.07) is 1.50. The second-order valence-electron chi connectivity index (χ2n) is 4.92. The van der Waals surface area contributed by atoms with E-state index >= 15 is 0 Å². The van der Waals surface area contributed by atoms with Crippen LogP contribution < -0.4 is 11.1 Å². The van der Waals surface area contributed by atoms with Crippen molar-refractivity contribution in [2.24, 2.45) is 0 Å². The molecule has 0 aliphatic heterocycles. The molecular formula is C12H15F2N3O3S. The van der Waals surface area contributed by atoms with Crippen LogP contribution in [0.4, 0.5) is 14.5 Å². The average Bonchev–Trinajstić information content (AvgIpc) is 3.10. The zero-order valence-electron chi connectivity index (χ0n) is 11.3. The Morgan fingerprint density at radius 1 is 1.38 bits per heavy atom. The van der Waals surface area contributed by atoms with Gasteiger partial charge in [0.2, 0.25) is 15.9 Å². The van der Waals surface area contributed by atoms with Crippen molar-refractivity contribution in [1.29, 1.82) is 0 Å². The molecule has 0 saturated heterocycles. The monoisotopic (exact) mass is 319 g/mol. The Labute approximate surface area is 121 Å². The largest absolute Gasteiger partial charge is 0.399 e. The van der Waals surface area contributed by atoms with Crippen LogP contribution in [-0.4, -0.2) is 38.3 Å². The van der Waals surface area contributed by atoms with Crippen molar-refractivity contribution in [2.75, 3.05) is 19.3 Å². The maximum Gasteiger partial charge on any atom is 0.249 e. The van der Waals surface area contributed by atoms with Gasteiger partial charge in [0.15, 0.2) is 4.90 Å². The third kappa shape index (κ3) is 3.48. The van der Waals surface area contributed by atoms with Gasteiger partial charge in [-0.25, -0.2) is 17.2 Å². The fourth-order valence-corrected chi connectivity index (χ4v) is 2.98. The fraction of sp³-hybridized carbons (Fsp3) is 0.417. The first-order valence-electron chi connectivity index (χ1n) is 6.22. The van der Waals surface area contributed by atoms with Gasteiger partial charge in [0.1, 0.15) is 11.6 Å².